The van der Waals surface area contributed by atoms with Crippen LogP contribution in [0.3, 0.4) is 0 Å². The van der Waals surface area contributed by atoms with E-state index in [2.05, 4.69) is 6.58 Å². The Morgan fingerprint density at radius 2 is 1.77 bits per heavy atom. The van der Waals surface area contributed by atoms with Crippen molar-refractivity contribution in [3.8, 4) is 5.75 Å². The summed E-state index contributed by atoms with van der Waals surface area (Å²) in [5, 5.41) is 2.18. The van der Waals surface area contributed by atoms with Gasteiger partial charge < -0.3 is 9.47 Å². The topological polar surface area (TPSA) is 35.5 Å². The summed E-state index contributed by atoms with van der Waals surface area (Å²) in [6.07, 6.45) is 0.311. The minimum Gasteiger partial charge on any atom is -0.489 e. The van der Waals surface area contributed by atoms with Gasteiger partial charge >= 0.3 is 5.97 Å². The van der Waals surface area contributed by atoms with E-state index in [1.807, 2.05) is 42.5 Å². The van der Waals surface area contributed by atoms with Gasteiger partial charge in [0.25, 0.3) is 0 Å². The Morgan fingerprint density at radius 1 is 1.04 bits per heavy atom. The maximum atomic E-state index is 13.3. The Balaban J connectivity index is 1.63. The highest BCUT2D eigenvalue weighted by atomic mass is 19.1. The zero-order valence-electron chi connectivity index (χ0n) is 14.1. The predicted octanol–water partition coefficient (Wildman–Crippen LogP) is 4.76. The molecule has 1 unspecified atom stereocenters. The van der Waals surface area contributed by atoms with Crippen LogP contribution in [0.25, 0.3) is 10.8 Å². The lowest BCUT2D eigenvalue weighted by molar-refractivity contribution is -0.150. The van der Waals surface area contributed by atoms with Gasteiger partial charge in [-0.3, -0.25) is 0 Å². The molecule has 130 valence electrons. The van der Waals surface area contributed by atoms with E-state index in [9.17, 15) is 9.18 Å². The molecule has 0 aliphatic carbocycles. The molecule has 0 N–H and O–H groups in total. The fourth-order valence-corrected chi connectivity index (χ4v) is 3.24. The molecule has 0 radical (unpaired) electrons. The lowest BCUT2D eigenvalue weighted by Crippen LogP contribution is -2.33. The van der Waals surface area contributed by atoms with Gasteiger partial charge in [-0.2, -0.15) is 0 Å². The largest absolute Gasteiger partial charge is 0.489 e. The van der Waals surface area contributed by atoms with Crippen molar-refractivity contribution in [3.63, 3.8) is 0 Å². The van der Waals surface area contributed by atoms with Gasteiger partial charge in [0.05, 0.1) is 0 Å². The second-order valence-corrected chi connectivity index (χ2v) is 6.47. The number of cyclic esters (lactones) is 1. The Bertz CT molecular complexity index is 976. The van der Waals surface area contributed by atoms with Crippen molar-refractivity contribution in [1.29, 1.82) is 0 Å². The summed E-state index contributed by atoms with van der Waals surface area (Å²) in [7, 11) is 0. The van der Waals surface area contributed by atoms with Gasteiger partial charge in [-0.05, 0) is 40.6 Å². The third kappa shape index (κ3) is 2.94. The molecule has 26 heavy (non-hydrogen) atoms. The van der Waals surface area contributed by atoms with Crippen molar-refractivity contribution in [1.82, 2.24) is 0 Å². The number of rotatable bonds is 4. The number of hydrogen-bond acceptors (Lipinski definition) is 3. The second-order valence-electron chi connectivity index (χ2n) is 6.47. The highest BCUT2D eigenvalue weighted by molar-refractivity contribution is 5.90. The summed E-state index contributed by atoms with van der Waals surface area (Å²) in [6, 6.07) is 19.7. The number of hydrogen-bond donors (Lipinski definition) is 0. The summed E-state index contributed by atoms with van der Waals surface area (Å²) >= 11 is 0. The number of benzene rings is 3. The van der Waals surface area contributed by atoms with E-state index in [0.717, 1.165) is 10.8 Å². The van der Waals surface area contributed by atoms with Crippen molar-refractivity contribution < 1.29 is 18.7 Å². The molecule has 3 aromatic carbocycles. The quantitative estimate of drug-likeness (QED) is 0.504. The monoisotopic (exact) mass is 348 g/mol. The maximum absolute atomic E-state index is 13.3. The van der Waals surface area contributed by atoms with Crippen LogP contribution in [-0.4, -0.2) is 12.6 Å². The third-order valence-corrected chi connectivity index (χ3v) is 4.64. The van der Waals surface area contributed by atoms with Gasteiger partial charge in [0, 0.05) is 12.0 Å². The first-order valence-electron chi connectivity index (χ1n) is 8.35. The summed E-state index contributed by atoms with van der Waals surface area (Å²) < 4.78 is 24.9. The van der Waals surface area contributed by atoms with Crippen molar-refractivity contribution in [2.75, 3.05) is 6.61 Å². The van der Waals surface area contributed by atoms with Crippen molar-refractivity contribution in [2.45, 2.75) is 12.0 Å². The van der Waals surface area contributed by atoms with Gasteiger partial charge in [-0.25, -0.2) is 9.18 Å². The molecule has 0 aromatic heterocycles. The highest BCUT2D eigenvalue weighted by Gasteiger charge is 2.45. The van der Waals surface area contributed by atoms with Crippen molar-refractivity contribution in [3.05, 3.63) is 90.3 Å². The normalized spacial score (nSPS) is 19.6. The van der Waals surface area contributed by atoms with Crippen molar-refractivity contribution >= 4 is 16.7 Å². The Labute approximate surface area is 150 Å². The van der Waals surface area contributed by atoms with Crippen LogP contribution in [0.2, 0.25) is 0 Å². The van der Waals surface area contributed by atoms with Crippen LogP contribution in [0.4, 0.5) is 4.39 Å². The van der Waals surface area contributed by atoms with E-state index in [1.54, 1.807) is 12.1 Å². The number of ether oxygens (including phenoxy) is 2. The molecule has 0 spiro atoms. The lowest BCUT2D eigenvalue weighted by atomic mass is 9.90. The van der Waals surface area contributed by atoms with Crippen molar-refractivity contribution in [2.24, 2.45) is 0 Å². The molecule has 3 aromatic rings. The minimum atomic E-state index is -0.993. The first kappa shape index (κ1) is 16.3. The molecule has 1 fully saturated rings. The van der Waals surface area contributed by atoms with E-state index in [-0.39, 0.29) is 12.4 Å². The molecule has 1 atom stereocenters. The second kappa shape index (κ2) is 6.30. The number of halogens is 1. The number of carbonyl (C=O) groups is 1. The van der Waals surface area contributed by atoms with Crippen LogP contribution in [0.1, 0.15) is 12.0 Å². The molecule has 4 heteroatoms. The Kier molecular flexibility index (Phi) is 3.96. The zero-order valence-corrected chi connectivity index (χ0v) is 14.1. The highest BCUT2D eigenvalue weighted by Crippen LogP contribution is 2.39. The van der Waals surface area contributed by atoms with Gasteiger partial charge in [-0.1, -0.05) is 49.0 Å². The smallest absolute Gasteiger partial charge is 0.334 e. The van der Waals surface area contributed by atoms with E-state index in [0.29, 0.717) is 23.3 Å². The molecule has 0 saturated carbocycles. The predicted molar refractivity (Wildman–Crippen MR) is 97.4 cm³/mol. The third-order valence-electron chi connectivity index (χ3n) is 4.64. The first-order chi connectivity index (χ1) is 12.6. The Hall–Kier alpha value is -3.14. The molecule has 1 aliphatic rings. The molecular formula is C22H17FO3. The molecule has 0 amide bonds. The molecule has 1 aliphatic heterocycles. The number of esters is 1. The molecular weight excluding hydrogens is 331 g/mol. The van der Waals surface area contributed by atoms with Gasteiger partial charge in [-0.15, -0.1) is 0 Å². The maximum Gasteiger partial charge on any atom is 0.334 e. The van der Waals surface area contributed by atoms with Crippen LogP contribution >= 0.6 is 0 Å². The number of fused-ring (bicyclic) bond motifs is 1. The van der Waals surface area contributed by atoms with Crippen LogP contribution < -0.4 is 4.74 Å². The fourth-order valence-electron chi connectivity index (χ4n) is 3.24. The van der Waals surface area contributed by atoms with E-state index in [4.69, 9.17) is 9.47 Å². The summed E-state index contributed by atoms with van der Waals surface area (Å²) in [4.78, 5) is 12.0. The van der Waals surface area contributed by atoms with Crippen LogP contribution in [0, 0.1) is 5.82 Å². The lowest BCUT2D eigenvalue weighted by Gasteiger charge is -2.28. The molecule has 1 heterocycles. The molecule has 0 bridgehead atoms. The average molecular weight is 348 g/mol. The van der Waals surface area contributed by atoms with E-state index < -0.39 is 11.6 Å². The van der Waals surface area contributed by atoms with Gasteiger partial charge in [0.2, 0.25) is 0 Å². The fraction of sp³-hybridized carbons (Fsp3) is 0.136. The molecule has 1 saturated heterocycles. The van der Waals surface area contributed by atoms with E-state index in [1.165, 1.54) is 12.1 Å². The average Bonchev–Trinajstić information content (AvgIpc) is 2.95. The Morgan fingerprint density at radius 3 is 2.46 bits per heavy atom. The summed E-state index contributed by atoms with van der Waals surface area (Å²) in [5.41, 5.74) is 0.0798. The van der Waals surface area contributed by atoms with Crippen LogP contribution in [0.15, 0.2) is 78.9 Å². The standard InChI is InChI=1S/C22H17FO3/c1-15-13-22(26-21(15)24,18-7-9-19(23)10-8-18)14-25-20-11-6-16-4-2-3-5-17(16)12-20/h2-12H,1,13-14H2. The van der Waals surface area contributed by atoms with Gasteiger partial charge in [0.1, 0.15) is 18.2 Å². The van der Waals surface area contributed by atoms with Crippen LogP contribution in [-0.2, 0) is 15.1 Å². The SMILES string of the molecule is C=C1CC(COc2ccc3ccccc3c2)(c2ccc(F)cc2)OC1=O. The van der Waals surface area contributed by atoms with Crippen LogP contribution in [0.5, 0.6) is 5.75 Å². The summed E-state index contributed by atoms with van der Waals surface area (Å²) in [6.45, 7) is 3.89. The minimum absolute atomic E-state index is 0.127. The zero-order chi connectivity index (χ0) is 18.1. The number of carbonyl (C=O) groups excluding carboxylic acids is 1. The molecule has 4 rings (SSSR count). The first-order valence-corrected chi connectivity index (χ1v) is 8.35. The van der Waals surface area contributed by atoms with E-state index >= 15 is 0 Å². The summed E-state index contributed by atoms with van der Waals surface area (Å²) in [5.74, 6) is -0.113. The molecule has 3 nitrogen and oxygen atoms in total. The van der Waals surface area contributed by atoms with Gasteiger partial charge in [0.15, 0.2) is 5.60 Å².